The zero-order valence-corrected chi connectivity index (χ0v) is 23.9. The molecule has 2 N–H and O–H groups in total. The van der Waals surface area contributed by atoms with E-state index in [1.807, 2.05) is 24.3 Å². The smallest absolute Gasteiger partial charge is 0.432 e. The number of halogens is 1. The highest BCUT2D eigenvalue weighted by Gasteiger charge is 2.50. The molecule has 2 aliphatic heterocycles. The lowest BCUT2D eigenvalue weighted by Crippen LogP contribution is -2.52. The maximum Gasteiger partial charge on any atom is 0.432 e. The van der Waals surface area contributed by atoms with E-state index in [0.29, 0.717) is 45.1 Å². The highest BCUT2D eigenvalue weighted by Crippen LogP contribution is 2.37. The normalized spacial score (nSPS) is 18.0. The lowest BCUT2D eigenvalue weighted by molar-refractivity contribution is 0.000286. The van der Waals surface area contributed by atoms with E-state index < -0.39 is 20.9 Å². The molecule has 0 radical (unpaired) electrons. The molecule has 2 heterocycles. The predicted molar refractivity (Wildman–Crippen MR) is 147 cm³/mol. The highest BCUT2D eigenvalue weighted by atomic mass is 79.9. The summed E-state index contributed by atoms with van der Waals surface area (Å²) in [5.41, 5.74) is 2.48. The third-order valence-electron chi connectivity index (χ3n) is 6.77. The molecule has 2 aromatic rings. The molecule has 0 aromatic heterocycles. The summed E-state index contributed by atoms with van der Waals surface area (Å²) in [7, 11) is -4.12. The number of amides is 1. The Morgan fingerprint density at radius 2 is 1.67 bits per heavy atom. The monoisotopic (exact) mass is 621 g/mol. The molecule has 10 nitrogen and oxygen atoms in total. The number of carbonyl (C=O) groups is 1. The van der Waals surface area contributed by atoms with Crippen LogP contribution < -0.4 is 10.2 Å². The van der Waals surface area contributed by atoms with Gasteiger partial charge in [0.25, 0.3) is 0 Å². The molecule has 210 valence electrons. The topological polar surface area (TPSA) is 118 Å². The van der Waals surface area contributed by atoms with Crippen molar-refractivity contribution in [2.24, 2.45) is 0 Å². The number of piperidine rings is 1. The second-order valence-electron chi connectivity index (χ2n) is 9.32. The Labute approximate surface area is 237 Å². The fourth-order valence-corrected chi connectivity index (χ4v) is 6.64. The first-order chi connectivity index (χ1) is 18.8. The Kier molecular flexibility index (Phi) is 10.2. The molecule has 0 aliphatic carbocycles. The van der Waals surface area contributed by atoms with Gasteiger partial charge in [0, 0.05) is 50.0 Å². The van der Waals surface area contributed by atoms with Crippen LogP contribution in [0.15, 0.2) is 57.9 Å². The van der Waals surface area contributed by atoms with E-state index >= 15 is 0 Å². The first kappa shape index (κ1) is 29.3. The van der Waals surface area contributed by atoms with Crippen molar-refractivity contribution in [3.05, 3.63) is 58.6 Å². The van der Waals surface area contributed by atoms with Crippen LogP contribution in [0.3, 0.4) is 0 Å². The standard InChI is InChI=1S/C27H32BrN3O7S/c28-23-5-3-22(4-6-23)21-31-14-11-27(12-15-31,38-26(32)29-33)39(34,35)25-9-7-24(8-10-25)37-18-2-1-13-30-16-19-36-20-17-30/h3-10,33H,11-21H2,(H,29,32). The molecule has 0 spiro atoms. The lowest BCUT2D eigenvalue weighted by atomic mass is 10.1. The molecule has 0 saturated carbocycles. The Bertz CT molecular complexity index is 1260. The van der Waals surface area contributed by atoms with Crippen LogP contribution in [0.25, 0.3) is 0 Å². The Morgan fingerprint density at radius 1 is 1.00 bits per heavy atom. The largest absolute Gasteiger partial charge is 0.481 e. The number of ether oxygens (including phenoxy) is 3. The number of nitrogens with one attached hydrogen (secondary N) is 1. The van der Waals surface area contributed by atoms with E-state index in [9.17, 15) is 13.2 Å². The quantitative estimate of drug-likeness (QED) is 0.260. The third-order valence-corrected chi connectivity index (χ3v) is 9.67. The van der Waals surface area contributed by atoms with Crippen LogP contribution in [0.5, 0.6) is 5.75 Å². The third kappa shape index (κ3) is 7.72. The molecule has 2 aliphatic rings. The predicted octanol–water partition coefficient (Wildman–Crippen LogP) is 3.04. The van der Waals surface area contributed by atoms with Gasteiger partial charge in [-0.05, 0) is 42.0 Å². The number of sulfone groups is 1. The molecular weight excluding hydrogens is 590 g/mol. The molecule has 1 amide bonds. The van der Waals surface area contributed by atoms with Crippen molar-refractivity contribution in [1.29, 1.82) is 0 Å². The fraction of sp³-hybridized carbons (Fsp3) is 0.444. The highest BCUT2D eigenvalue weighted by molar-refractivity contribution is 9.10. The van der Waals surface area contributed by atoms with E-state index in [1.54, 1.807) is 12.1 Å². The molecule has 0 atom stereocenters. The van der Waals surface area contributed by atoms with E-state index in [0.717, 1.165) is 23.1 Å². The number of carbonyl (C=O) groups excluding carboxylic acids is 1. The van der Waals surface area contributed by atoms with Gasteiger partial charge in [-0.25, -0.2) is 18.7 Å². The van der Waals surface area contributed by atoms with Gasteiger partial charge in [-0.15, -0.1) is 0 Å². The van der Waals surface area contributed by atoms with E-state index in [-0.39, 0.29) is 24.3 Å². The van der Waals surface area contributed by atoms with Crippen LogP contribution in [0.2, 0.25) is 0 Å². The number of morpholine rings is 1. The van der Waals surface area contributed by atoms with Crippen molar-refractivity contribution in [3.63, 3.8) is 0 Å². The minimum atomic E-state index is -4.12. The first-order valence-corrected chi connectivity index (χ1v) is 14.9. The van der Waals surface area contributed by atoms with Crippen molar-refractivity contribution in [2.75, 3.05) is 52.5 Å². The second-order valence-corrected chi connectivity index (χ2v) is 12.5. The number of rotatable bonds is 8. The maximum absolute atomic E-state index is 13.7. The van der Waals surface area contributed by atoms with Gasteiger partial charge in [0.2, 0.25) is 14.8 Å². The van der Waals surface area contributed by atoms with E-state index in [4.69, 9.17) is 19.4 Å². The maximum atomic E-state index is 13.7. The molecule has 0 unspecified atom stereocenters. The molecule has 2 saturated heterocycles. The zero-order chi connectivity index (χ0) is 27.7. The van der Waals surface area contributed by atoms with Crippen LogP contribution in [0, 0.1) is 11.8 Å². The molecule has 4 rings (SSSR count). The lowest BCUT2D eigenvalue weighted by Gasteiger charge is -2.40. The van der Waals surface area contributed by atoms with Crippen molar-refractivity contribution in [1.82, 2.24) is 15.3 Å². The van der Waals surface area contributed by atoms with Crippen LogP contribution in [-0.4, -0.2) is 87.0 Å². The summed E-state index contributed by atoms with van der Waals surface area (Å²) >= 11 is 3.42. The summed E-state index contributed by atoms with van der Waals surface area (Å²) in [6, 6.07) is 13.9. The zero-order valence-electron chi connectivity index (χ0n) is 21.5. The number of likely N-dealkylation sites (tertiary alicyclic amines) is 1. The van der Waals surface area contributed by atoms with Gasteiger partial charge in [-0.1, -0.05) is 39.9 Å². The minimum Gasteiger partial charge on any atom is -0.481 e. The Morgan fingerprint density at radius 3 is 2.31 bits per heavy atom. The number of hydroxylamine groups is 1. The van der Waals surface area contributed by atoms with E-state index in [2.05, 4.69) is 37.6 Å². The van der Waals surface area contributed by atoms with Crippen LogP contribution in [0.1, 0.15) is 18.4 Å². The summed E-state index contributed by atoms with van der Waals surface area (Å²) in [6.07, 6.45) is -1.11. The van der Waals surface area contributed by atoms with Gasteiger partial charge in [0.15, 0.2) is 0 Å². The van der Waals surface area contributed by atoms with Crippen LogP contribution in [-0.2, 0) is 25.9 Å². The average Bonchev–Trinajstić information content (AvgIpc) is 2.96. The molecular formula is C27H32BrN3O7S. The van der Waals surface area contributed by atoms with Crippen LogP contribution >= 0.6 is 15.9 Å². The summed E-state index contributed by atoms with van der Waals surface area (Å²) in [6.45, 7) is 5.39. The second kappa shape index (κ2) is 13.6. The van der Waals surface area contributed by atoms with Gasteiger partial charge in [0.05, 0.1) is 24.7 Å². The molecule has 2 aromatic carbocycles. The molecule has 0 bridgehead atoms. The summed E-state index contributed by atoms with van der Waals surface area (Å²) in [5, 5.41) is 9.05. The number of hydrogen-bond acceptors (Lipinski definition) is 9. The number of benzene rings is 2. The molecule has 12 heteroatoms. The average molecular weight is 623 g/mol. The fourth-order valence-electron chi connectivity index (χ4n) is 4.54. The number of nitrogens with zero attached hydrogens (tertiary/aromatic N) is 2. The van der Waals surface area contributed by atoms with Gasteiger partial charge in [0.1, 0.15) is 12.4 Å². The molecule has 2 fully saturated rings. The number of hydrogen-bond donors (Lipinski definition) is 2. The van der Waals surface area contributed by atoms with Gasteiger partial charge in [-0.2, -0.15) is 0 Å². The van der Waals surface area contributed by atoms with Crippen molar-refractivity contribution in [2.45, 2.75) is 29.2 Å². The summed E-state index contributed by atoms with van der Waals surface area (Å²) in [5.74, 6) is 6.51. The van der Waals surface area contributed by atoms with Gasteiger partial charge in [-0.3, -0.25) is 15.0 Å². The Balaban J connectivity index is 1.39. The van der Waals surface area contributed by atoms with E-state index in [1.165, 1.54) is 17.6 Å². The van der Waals surface area contributed by atoms with Crippen molar-refractivity contribution >= 4 is 31.9 Å². The van der Waals surface area contributed by atoms with Gasteiger partial charge >= 0.3 is 6.09 Å². The SMILES string of the molecule is O=C(NO)OC1(S(=O)(=O)c2ccc(OCC#CCN3CCOCC3)cc2)CCN(Cc2ccc(Br)cc2)CC1. The summed E-state index contributed by atoms with van der Waals surface area (Å²) < 4.78 is 44.8. The summed E-state index contributed by atoms with van der Waals surface area (Å²) in [4.78, 5) is 14.5. The molecule has 39 heavy (non-hydrogen) atoms. The van der Waals surface area contributed by atoms with Crippen LogP contribution in [0.4, 0.5) is 4.79 Å². The minimum absolute atomic E-state index is 0.000325. The van der Waals surface area contributed by atoms with Gasteiger partial charge < -0.3 is 14.2 Å². The Hall–Kier alpha value is -2.66. The van der Waals surface area contributed by atoms with Crippen molar-refractivity contribution in [3.8, 4) is 17.6 Å². The van der Waals surface area contributed by atoms with Crippen molar-refractivity contribution < 1.29 is 32.6 Å². The first-order valence-electron chi connectivity index (χ1n) is 12.6.